The summed E-state index contributed by atoms with van der Waals surface area (Å²) in [5, 5.41) is 7.96. The van der Waals surface area contributed by atoms with Gasteiger partial charge in [0, 0.05) is 43.8 Å². The lowest BCUT2D eigenvalue weighted by molar-refractivity contribution is -0.117. The van der Waals surface area contributed by atoms with Crippen LogP contribution in [0.15, 0.2) is 84.9 Å². The summed E-state index contributed by atoms with van der Waals surface area (Å²) in [6, 6.07) is 29.3. The van der Waals surface area contributed by atoms with E-state index in [0.29, 0.717) is 6.54 Å². The number of nitrogens with one attached hydrogen (secondary N) is 1. The Hall–Kier alpha value is -3.21. The standard InChI is InChI=1S/C27H27N3O/c31-27(28-26-14-6-10-22-8-2-4-13-25(22)26)20-30-17-15-29(16-18-30)19-23-11-5-9-21-7-1-3-12-24(21)23/h1-14H,15-20H2,(H,28,31). The average Bonchev–Trinajstić information content (AvgIpc) is 2.81. The molecular weight excluding hydrogens is 382 g/mol. The Labute approximate surface area is 183 Å². The Morgan fingerprint density at radius 2 is 1.26 bits per heavy atom. The number of piperazine rings is 1. The molecule has 0 spiro atoms. The second-order valence-corrected chi connectivity index (χ2v) is 8.27. The topological polar surface area (TPSA) is 35.6 Å². The summed E-state index contributed by atoms with van der Waals surface area (Å²) in [5.74, 6) is 0.0545. The van der Waals surface area contributed by atoms with Crippen LogP contribution >= 0.6 is 0 Å². The number of hydrogen-bond acceptors (Lipinski definition) is 3. The Morgan fingerprint density at radius 3 is 2.03 bits per heavy atom. The third-order valence-electron chi connectivity index (χ3n) is 6.17. The molecule has 31 heavy (non-hydrogen) atoms. The third-order valence-corrected chi connectivity index (χ3v) is 6.17. The van der Waals surface area contributed by atoms with E-state index in [9.17, 15) is 4.79 Å². The minimum atomic E-state index is 0.0545. The first-order chi connectivity index (χ1) is 15.3. The molecule has 4 aromatic rings. The fourth-order valence-corrected chi connectivity index (χ4v) is 4.50. The van der Waals surface area contributed by atoms with Gasteiger partial charge in [0.05, 0.1) is 6.54 Å². The van der Waals surface area contributed by atoms with Crippen molar-refractivity contribution in [2.24, 2.45) is 0 Å². The fourth-order valence-electron chi connectivity index (χ4n) is 4.50. The van der Waals surface area contributed by atoms with Gasteiger partial charge in [-0.25, -0.2) is 0 Å². The molecule has 0 saturated carbocycles. The van der Waals surface area contributed by atoms with Crippen molar-refractivity contribution < 1.29 is 4.79 Å². The molecule has 1 saturated heterocycles. The monoisotopic (exact) mass is 409 g/mol. The zero-order valence-electron chi connectivity index (χ0n) is 17.6. The van der Waals surface area contributed by atoms with Gasteiger partial charge in [0.2, 0.25) is 5.91 Å². The number of amides is 1. The van der Waals surface area contributed by atoms with E-state index >= 15 is 0 Å². The highest BCUT2D eigenvalue weighted by Crippen LogP contribution is 2.23. The van der Waals surface area contributed by atoms with Gasteiger partial charge < -0.3 is 5.32 Å². The number of carbonyl (C=O) groups excluding carboxylic acids is 1. The van der Waals surface area contributed by atoms with Crippen molar-refractivity contribution in [2.75, 3.05) is 38.0 Å². The molecule has 1 N–H and O–H groups in total. The second kappa shape index (κ2) is 8.88. The summed E-state index contributed by atoms with van der Waals surface area (Å²) >= 11 is 0. The van der Waals surface area contributed by atoms with Gasteiger partial charge in [-0.2, -0.15) is 0 Å². The number of anilines is 1. The summed E-state index contributed by atoms with van der Waals surface area (Å²) < 4.78 is 0. The molecule has 156 valence electrons. The maximum atomic E-state index is 12.7. The van der Waals surface area contributed by atoms with E-state index in [-0.39, 0.29) is 5.91 Å². The van der Waals surface area contributed by atoms with E-state index in [1.165, 1.54) is 16.3 Å². The van der Waals surface area contributed by atoms with Gasteiger partial charge in [0.15, 0.2) is 0 Å². The van der Waals surface area contributed by atoms with Crippen molar-refractivity contribution >= 4 is 33.1 Å². The van der Waals surface area contributed by atoms with E-state index in [2.05, 4.69) is 75.8 Å². The SMILES string of the molecule is O=C(CN1CCN(Cc2cccc3ccccc23)CC1)Nc1cccc2ccccc12. The highest BCUT2D eigenvalue weighted by molar-refractivity contribution is 6.02. The molecule has 5 rings (SSSR count). The number of carbonyl (C=O) groups is 1. The van der Waals surface area contributed by atoms with Crippen LogP contribution in [0.2, 0.25) is 0 Å². The van der Waals surface area contributed by atoms with Crippen molar-refractivity contribution in [3.05, 3.63) is 90.5 Å². The number of fused-ring (bicyclic) bond motifs is 2. The highest BCUT2D eigenvalue weighted by Gasteiger charge is 2.20. The molecule has 1 amide bonds. The van der Waals surface area contributed by atoms with Gasteiger partial charge in [-0.3, -0.25) is 14.6 Å². The van der Waals surface area contributed by atoms with E-state index in [4.69, 9.17) is 0 Å². The Kier molecular flexibility index (Phi) is 5.65. The third kappa shape index (κ3) is 4.46. The molecule has 4 heteroatoms. The Balaban J connectivity index is 1.17. The van der Waals surface area contributed by atoms with Gasteiger partial charge in [0.25, 0.3) is 0 Å². The normalized spacial score (nSPS) is 15.4. The van der Waals surface area contributed by atoms with Crippen molar-refractivity contribution in [1.29, 1.82) is 0 Å². The lowest BCUT2D eigenvalue weighted by atomic mass is 10.0. The maximum absolute atomic E-state index is 12.7. The van der Waals surface area contributed by atoms with Crippen LogP contribution in [0, 0.1) is 0 Å². The molecule has 4 aromatic carbocycles. The predicted octanol–water partition coefficient (Wildman–Crippen LogP) is 4.75. The molecule has 0 aliphatic carbocycles. The largest absolute Gasteiger partial charge is 0.324 e. The molecule has 4 nitrogen and oxygen atoms in total. The first-order valence-electron chi connectivity index (χ1n) is 11.0. The lowest BCUT2D eigenvalue weighted by Crippen LogP contribution is -2.48. The zero-order valence-corrected chi connectivity index (χ0v) is 17.6. The lowest BCUT2D eigenvalue weighted by Gasteiger charge is -2.34. The molecule has 1 aliphatic heterocycles. The van der Waals surface area contributed by atoms with E-state index in [1.807, 2.05) is 24.3 Å². The molecule has 0 unspecified atom stereocenters. The van der Waals surface area contributed by atoms with Crippen LogP contribution in [-0.4, -0.2) is 48.4 Å². The molecule has 0 aromatic heterocycles. The minimum absolute atomic E-state index is 0.0545. The molecular formula is C27H27N3O. The summed E-state index contributed by atoms with van der Waals surface area (Å²) in [6.45, 7) is 5.17. The van der Waals surface area contributed by atoms with Crippen molar-refractivity contribution in [3.8, 4) is 0 Å². The maximum Gasteiger partial charge on any atom is 0.238 e. The minimum Gasteiger partial charge on any atom is -0.324 e. The first-order valence-corrected chi connectivity index (χ1v) is 11.0. The molecule has 1 fully saturated rings. The van der Waals surface area contributed by atoms with Gasteiger partial charge in [-0.05, 0) is 27.8 Å². The number of nitrogens with zero attached hydrogens (tertiary/aromatic N) is 2. The van der Waals surface area contributed by atoms with Crippen LogP contribution in [-0.2, 0) is 11.3 Å². The Morgan fingerprint density at radius 1 is 0.677 bits per heavy atom. The molecule has 1 heterocycles. The van der Waals surface area contributed by atoms with Gasteiger partial charge in [-0.1, -0.05) is 78.9 Å². The predicted molar refractivity (Wildman–Crippen MR) is 128 cm³/mol. The quantitative estimate of drug-likeness (QED) is 0.517. The highest BCUT2D eigenvalue weighted by atomic mass is 16.2. The summed E-state index contributed by atoms with van der Waals surface area (Å²) in [4.78, 5) is 17.4. The molecule has 0 radical (unpaired) electrons. The number of hydrogen-bond donors (Lipinski definition) is 1. The second-order valence-electron chi connectivity index (χ2n) is 8.27. The van der Waals surface area contributed by atoms with Crippen LogP contribution < -0.4 is 5.32 Å². The van der Waals surface area contributed by atoms with Crippen LogP contribution in [0.25, 0.3) is 21.5 Å². The smallest absolute Gasteiger partial charge is 0.238 e. The number of rotatable bonds is 5. The zero-order chi connectivity index (χ0) is 21.0. The summed E-state index contributed by atoms with van der Waals surface area (Å²) in [7, 11) is 0. The summed E-state index contributed by atoms with van der Waals surface area (Å²) in [6.07, 6.45) is 0. The molecule has 0 bridgehead atoms. The number of benzene rings is 4. The van der Waals surface area contributed by atoms with Crippen LogP contribution in [0.5, 0.6) is 0 Å². The van der Waals surface area contributed by atoms with E-state index in [0.717, 1.165) is 49.2 Å². The van der Waals surface area contributed by atoms with Crippen LogP contribution in [0.3, 0.4) is 0 Å². The van der Waals surface area contributed by atoms with Crippen LogP contribution in [0.1, 0.15) is 5.56 Å². The van der Waals surface area contributed by atoms with Crippen LogP contribution in [0.4, 0.5) is 5.69 Å². The van der Waals surface area contributed by atoms with E-state index in [1.54, 1.807) is 0 Å². The van der Waals surface area contributed by atoms with Crippen molar-refractivity contribution in [1.82, 2.24) is 9.80 Å². The van der Waals surface area contributed by atoms with E-state index < -0.39 is 0 Å². The van der Waals surface area contributed by atoms with Gasteiger partial charge in [0.1, 0.15) is 0 Å². The van der Waals surface area contributed by atoms with Crippen molar-refractivity contribution in [2.45, 2.75) is 6.54 Å². The molecule has 1 aliphatic rings. The summed E-state index contributed by atoms with van der Waals surface area (Å²) in [5.41, 5.74) is 2.26. The average molecular weight is 410 g/mol. The fraction of sp³-hybridized carbons (Fsp3) is 0.222. The Bertz CT molecular complexity index is 1200. The van der Waals surface area contributed by atoms with Gasteiger partial charge in [-0.15, -0.1) is 0 Å². The van der Waals surface area contributed by atoms with Crippen molar-refractivity contribution in [3.63, 3.8) is 0 Å². The molecule has 0 atom stereocenters. The van der Waals surface area contributed by atoms with Gasteiger partial charge >= 0.3 is 0 Å². The first kappa shape index (κ1) is 19.7.